The average molecular weight is 243 g/mol. The number of phenols is 1. The molecule has 1 aromatic heterocycles. The van der Waals surface area contributed by atoms with Crippen LogP contribution < -0.4 is 0 Å². The smallest absolute Gasteiger partial charge is 0.150 e. The Morgan fingerprint density at radius 2 is 1.50 bits per heavy atom. The van der Waals surface area contributed by atoms with E-state index in [0.29, 0.717) is 5.56 Å². The Bertz CT molecular complexity index is 468. The van der Waals surface area contributed by atoms with E-state index in [0.717, 1.165) is 17.7 Å². The zero-order valence-corrected chi connectivity index (χ0v) is 10.8. The van der Waals surface area contributed by atoms with Crippen molar-refractivity contribution in [3.05, 3.63) is 58.9 Å². The molecule has 2 rings (SSSR count). The van der Waals surface area contributed by atoms with E-state index < -0.39 is 0 Å². The quantitative estimate of drug-likeness (QED) is 0.782. The molecule has 3 nitrogen and oxygen atoms in total. The minimum Gasteiger partial charge on any atom is -0.508 e. The number of carbonyl (C=O) groups is 1. The van der Waals surface area contributed by atoms with Gasteiger partial charge >= 0.3 is 0 Å². The van der Waals surface area contributed by atoms with Crippen LogP contribution in [0, 0.1) is 20.8 Å². The standard InChI is InChI=1S/C8H11N.C7H6O2/c1-6-4-7(2)9-8(3)5-6;8-5-6-1-3-7(9)4-2-6/h4-5H,1-3H3;1-5,9H. The van der Waals surface area contributed by atoms with Crippen molar-refractivity contribution in [2.75, 3.05) is 0 Å². The maximum atomic E-state index is 10.0. The topological polar surface area (TPSA) is 50.2 Å². The van der Waals surface area contributed by atoms with Gasteiger partial charge in [0.05, 0.1) is 0 Å². The Kier molecular flexibility index (Phi) is 5.06. The summed E-state index contributed by atoms with van der Waals surface area (Å²) in [5.41, 5.74) is 4.08. The first kappa shape index (κ1) is 13.9. The van der Waals surface area contributed by atoms with Gasteiger partial charge in [-0.15, -0.1) is 0 Å². The zero-order chi connectivity index (χ0) is 13.5. The molecule has 0 radical (unpaired) electrons. The fraction of sp³-hybridized carbons (Fsp3) is 0.200. The van der Waals surface area contributed by atoms with Crippen molar-refractivity contribution < 1.29 is 9.90 Å². The fourth-order valence-electron chi connectivity index (χ4n) is 1.60. The Balaban J connectivity index is 0.000000180. The number of benzene rings is 1. The Hall–Kier alpha value is -2.16. The van der Waals surface area contributed by atoms with Crippen molar-refractivity contribution in [1.29, 1.82) is 0 Å². The molecule has 0 spiro atoms. The van der Waals surface area contributed by atoms with Crippen molar-refractivity contribution in [2.45, 2.75) is 20.8 Å². The van der Waals surface area contributed by atoms with E-state index in [9.17, 15) is 4.79 Å². The Morgan fingerprint density at radius 1 is 1.00 bits per heavy atom. The summed E-state index contributed by atoms with van der Waals surface area (Å²) in [7, 11) is 0. The Labute approximate surface area is 107 Å². The van der Waals surface area contributed by atoms with Crippen molar-refractivity contribution in [2.24, 2.45) is 0 Å². The van der Waals surface area contributed by atoms with Crippen LogP contribution in [-0.2, 0) is 0 Å². The number of aldehydes is 1. The summed E-state index contributed by atoms with van der Waals surface area (Å²) < 4.78 is 0. The van der Waals surface area contributed by atoms with Crippen LogP contribution in [0.2, 0.25) is 0 Å². The third-order valence-electron chi connectivity index (χ3n) is 2.25. The van der Waals surface area contributed by atoms with Crippen LogP contribution in [0.25, 0.3) is 0 Å². The SMILES string of the molecule is Cc1cc(C)nc(C)c1.O=Cc1ccc(O)cc1. The summed E-state index contributed by atoms with van der Waals surface area (Å²) in [6.07, 6.45) is 0.736. The van der Waals surface area contributed by atoms with E-state index in [1.807, 2.05) is 13.8 Å². The first-order chi connectivity index (χ1) is 8.51. The van der Waals surface area contributed by atoms with Gasteiger partial charge in [-0.1, -0.05) is 0 Å². The number of aryl methyl sites for hydroxylation is 3. The molecule has 94 valence electrons. The number of nitrogens with zero attached hydrogens (tertiary/aromatic N) is 1. The van der Waals surface area contributed by atoms with Crippen LogP contribution in [0.1, 0.15) is 27.3 Å². The van der Waals surface area contributed by atoms with Gasteiger partial charge in [0.25, 0.3) is 0 Å². The van der Waals surface area contributed by atoms with Crippen LogP contribution in [-0.4, -0.2) is 16.4 Å². The van der Waals surface area contributed by atoms with Gasteiger partial charge in [-0.25, -0.2) is 0 Å². The van der Waals surface area contributed by atoms with E-state index in [1.54, 1.807) is 12.1 Å². The van der Waals surface area contributed by atoms with E-state index in [4.69, 9.17) is 5.11 Å². The van der Waals surface area contributed by atoms with Gasteiger partial charge in [-0.3, -0.25) is 9.78 Å². The summed E-state index contributed by atoms with van der Waals surface area (Å²) in [6.45, 7) is 6.11. The third-order valence-corrected chi connectivity index (χ3v) is 2.25. The van der Waals surface area contributed by atoms with Crippen LogP contribution >= 0.6 is 0 Å². The number of rotatable bonds is 1. The molecule has 0 aliphatic rings. The van der Waals surface area contributed by atoms with Crippen molar-refractivity contribution >= 4 is 6.29 Å². The molecule has 0 saturated heterocycles. The lowest BCUT2D eigenvalue weighted by atomic mass is 10.2. The van der Waals surface area contributed by atoms with Gasteiger partial charge < -0.3 is 5.11 Å². The normalized spacial score (nSPS) is 9.28. The number of hydrogen-bond donors (Lipinski definition) is 1. The number of phenolic OH excluding ortho intramolecular Hbond substituents is 1. The maximum Gasteiger partial charge on any atom is 0.150 e. The predicted octanol–water partition coefficient (Wildman–Crippen LogP) is 3.21. The van der Waals surface area contributed by atoms with Gasteiger partial charge in [-0.05, 0) is 62.7 Å². The fourth-order valence-corrected chi connectivity index (χ4v) is 1.60. The lowest BCUT2D eigenvalue weighted by Gasteiger charge is -1.96. The molecular formula is C15H17NO2. The van der Waals surface area contributed by atoms with Gasteiger partial charge in [0.15, 0.2) is 0 Å². The van der Waals surface area contributed by atoms with E-state index >= 15 is 0 Å². The summed E-state index contributed by atoms with van der Waals surface area (Å²) >= 11 is 0. The van der Waals surface area contributed by atoms with Gasteiger partial charge in [0.1, 0.15) is 12.0 Å². The summed E-state index contributed by atoms with van der Waals surface area (Å²) in [6, 6.07) is 10.2. The first-order valence-corrected chi connectivity index (χ1v) is 5.67. The van der Waals surface area contributed by atoms with Crippen LogP contribution in [0.3, 0.4) is 0 Å². The van der Waals surface area contributed by atoms with Crippen LogP contribution in [0.15, 0.2) is 36.4 Å². The zero-order valence-electron chi connectivity index (χ0n) is 10.8. The molecule has 0 amide bonds. The minimum atomic E-state index is 0.181. The second-order valence-electron chi connectivity index (χ2n) is 4.14. The first-order valence-electron chi connectivity index (χ1n) is 5.67. The van der Waals surface area contributed by atoms with Crippen molar-refractivity contribution in [3.63, 3.8) is 0 Å². The van der Waals surface area contributed by atoms with E-state index in [-0.39, 0.29) is 5.75 Å². The second-order valence-corrected chi connectivity index (χ2v) is 4.14. The molecule has 0 unspecified atom stereocenters. The highest BCUT2D eigenvalue weighted by Gasteiger charge is 1.89. The third kappa shape index (κ3) is 4.78. The molecule has 2 aromatic rings. The molecule has 1 heterocycles. The number of hydrogen-bond acceptors (Lipinski definition) is 3. The number of aromatic nitrogens is 1. The van der Waals surface area contributed by atoms with E-state index in [1.165, 1.54) is 17.7 Å². The highest BCUT2D eigenvalue weighted by molar-refractivity contribution is 5.74. The monoisotopic (exact) mass is 243 g/mol. The molecule has 0 aliphatic heterocycles. The van der Waals surface area contributed by atoms with Crippen molar-refractivity contribution in [3.8, 4) is 5.75 Å². The molecule has 0 bridgehead atoms. The van der Waals surface area contributed by atoms with Crippen LogP contribution in [0.5, 0.6) is 5.75 Å². The molecule has 1 N–H and O–H groups in total. The largest absolute Gasteiger partial charge is 0.508 e. The van der Waals surface area contributed by atoms with Gasteiger partial charge in [0, 0.05) is 17.0 Å². The summed E-state index contributed by atoms with van der Waals surface area (Å²) in [5.74, 6) is 0.181. The van der Waals surface area contributed by atoms with E-state index in [2.05, 4.69) is 24.0 Å². The molecule has 0 fully saturated rings. The molecule has 1 aromatic carbocycles. The molecule has 0 atom stereocenters. The van der Waals surface area contributed by atoms with Gasteiger partial charge in [0.2, 0.25) is 0 Å². The minimum absolute atomic E-state index is 0.181. The highest BCUT2D eigenvalue weighted by atomic mass is 16.3. The number of aromatic hydroxyl groups is 1. The van der Waals surface area contributed by atoms with Gasteiger partial charge in [-0.2, -0.15) is 0 Å². The number of pyridine rings is 1. The number of carbonyl (C=O) groups excluding carboxylic acids is 1. The molecular weight excluding hydrogens is 226 g/mol. The van der Waals surface area contributed by atoms with Crippen molar-refractivity contribution in [1.82, 2.24) is 4.98 Å². The molecule has 0 saturated carbocycles. The molecule has 18 heavy (non-hydrogen) atoms. The average Bonchev–Trinajstić information content (AvgIpc) is 2.29. The predicted molar refractivity (Wildman–Crippen MR) is 71.9 cm³/mol. The lowest BCUT2D eigenvalue weighted by Crippen LogP contribution is -1.85. The summed E-state index contributed by atoms with van der Waals surface area (Å²) in [5, 5.41) is 8.74. The Morgan fingerprint density at radius 3 is 1.89 bits per heavy atom. The highest BCUT2D eigenvalue weighted by Crippen LogP contribution is 2.07. The maximum absolute atomic E-state index is 10.0. The summed E-state index contributed by atoms with van der Waals surface area (Å²) in [4.78, 5) is 14.3. The molecule has 3 heteroatoms. The van der Waals surface area contributed by atoms with Crippen LogP contribution in [0.4, 0.5) is 0 Å². The second kappa shape index (κ2) is 6.55. The molecule has 0 aliphatic carbocycles. The lowest BCUT2D eigenvalue weighted by molar-refractivity contribution is 0.112.